The third-order valence-corrected chi connectivity index (χ3v) is 3.67. The molecular formula is C15H20N2S. The van der Waals surface area contributed by atoms with Gasteiger partial charge in [-0.25, -0.2) is 4.98 Å². The van der Waals surface area contributed by atoms with Crippen molar-refractivity contribution in [2.24, 2.45) is 5.92 Å². The van der Waals surface area contributed by atoms with Crippen molar-refractivity contribution in [3.63, 3.8) is 0 Å². The summed E-state index contributed by atoms with van der Waals surface area (Å²) in [5.74, 6) is 0.680. The van der Waals surface area contributed by atoms with Gasteiger partial charge in [0.2, 0.25) is 0 Å². The van der Waals surface area contributed by atoms with Crippen LogP contribution >= 0.6 is 11.3 Å². The van der Waals surface area contributed by atoms with E-state index in [0.717, 1.165) is 18.0 Å². The van der Waals surface area contributed by atoms with E-state index < -0.39 is 0 Å². The Morgan fingerprint density at radius 1 is 1.22 bits per heavy atom. The number of benzene rings is 1. The molecule has 0 aliphatic heterocycles. The zero-order chi connectivity index (χ0) is 12.8. The van der Waals surface area contributed by atoms with Crippen LogP contribution in [0.2, 0.25) is 0 Å². The van der Waals surface area contributed by atoms with Crippen molar-refractivity contribution >= 4 is 11.3 Å². The smallest absolute Gasteiger partial charge is 0.106 e. The number of nitrogens with zero attached hydrogens (tertiary/aromatic N) is 1. The Morgan fingerprint density at radius 3 is 2.61 bits per heavy atom. The molecule has 2 rings (SSSR count). The summed E-state index contributed by atoms with van der Waals surface area (Å²) >= 11 is 1.71. The minimum Gasteiger partial charge on any atom is -0.304 e. The van der Waals surface area contributed by atoms with Crippen LogP contribution in [0.3, 0.4) is 0 Å². The lowest BCUT2D eigenvalue weighted by atomic mass is 9.97. The molecule has 1 aromatic carbocycles. The van der Waals surface area contributed by atoms with Crippen LogP contribution in [0.25, 0.3) is 0 Å². The van der Waals surface area contributed by atoms with Gasteiger partial charge in [-0.15, -0.1) is 11.3 Å². The van der Waals surface area contributed by atoms with Crippen LogP contribution in [0.4, 0.5) is 0 Å². The molecule has 1 atom stereocenters. The van der Waals surface area contributed by atoms with Gasteiger partial charge in [-0.1, -0.05) is 44.2 Å². The van der Waals surface area contributed by atoms with Crippen molar-refractivity contribution in [3.05, 3.63) is 52.5 Å². The Morgan fingerprint density at radius 2 is 2.00 bits per heavy atom. The Balaban J connectivity index is 2.01. The third kappa shape index (κ3) is 3.93. The summed E-state index contributed by atoms with van der Waals surface area (Å²) in [6.45, 7) is 5.38. The molecule has 1 heterocycles. The van der Waals surface area contributed by atoms with Gasteiger partial charge in [-0.2, -0.15) is 0 Å². The summed E-state index contributed by atoms with van der Waals surface area (Å²) in [7, 11) is 0. The molecule has 3 heteroatoms. The zero-order valence-corrected chi connectivity index (χ0v) is 11.8. The second-order valence-electron chi connectivity index (χ2n) is 4.90. The topological polar surface area (TPSA) is 24.9 Å². The van der Waals surface area contributed by atoms with Gasteiger partial charge in [0.15, 0.2) is 0 Å². The summed E-state index contributed by atoms with van der Waals surface area (Å²) in [5.41, 5.74) is 1.36. The van der Waals surface area contributed by atoms with Crippen molar-refractivity contribution < 1.29 is 0 Å². The second-order valence-corrected chi connectivity index (χ2v) is 5.88. The lowest BCUT2D eigenvalue weighted by Gasteiger charge is -2.20. The van der Waals surface area contributed by atoms with Crippen molar-refractivity contribution in [1.82, 2.24) is 10.3 Å². The van der Waals surface area contributed by atoms with Crippen molar-refractivity contribution in [3.8, 4) is 0 Å². The SMILES string of the molecule is CC(C)CC(NCc1nccs1)c1ccccc1. The van der Waals surface area contributed by atoms with E-state index in [-0.39, 0.29) is 0 Å². The first-order valence-corrected chi connectivity index (χ1v) is 7.30. The molecular weight excluding hydrogens is 240 g/mol. The maximum Gasteiger partial charge on any atom is 0.106 e. The highest BCUT2D eigenvalue weighted by atomic mass is 32.1. The maximum atomic E-state index is 4.32. The number of hydrogen-bond acceptors (Lipinski definition) is 3. The van der Waals surface area contributed by atoms with Gasteiger partial charge in [0.05, 0.1) is 0 Å². The largest absolute Gasteiger partial charge is 0.304 e. The van der Waals surface area contributed by atoms with E-state index in [4.69, 9.17) is 0 Å². The van der Waals surface area contributed by atoms with Gasteiger partial charge in [0.1, 0.15) is 5.01 Å². The summed E-state index contributed by atoms with van der Waals surface area (Å²) in [6.07, 6.45) is 3.01. The van der Waals surface area contributed by atoms with Gasteiger partial charge in [-0.05, 0) is 17.9 Å². The summed E-state index contributed by atoms with van der Waals surface area (Å²) in [6, 6.07) is 11.1. The van der Waals surface area contributed by atoms with Crippen molar-refractivity contribution in [2.75, 3.05) is 0 Å². The first kappa shape index (κ1) is 13.2. The Kier molecular flexibility index (Phi) is 4.90. The van der Waals surface area contributed by atoms with E-state index >= 15 is 0 Å². The average Bonchev–Trinajstić information content (AvgIpc) is 2.88. The fraction of sp³-hybridized carbons (Fsp3) is 0.400. The lowest BCUT2D eigenvalue weighted by Crippen LogP contribution is -2.22. The molecule has 1 N–H and O–H groups in total. The number of thiazole rings is 1. The molecule has 0 aliphatic carbocycles. The van der Waals surface area contributed by atoms with Crippen molar-refractivity contribution in [2.45, 2.75) is 32.9 Å². The summed E-state index contributed by atoms with van der Waals surface area (Å²) < 4.78 is 0. The average molecular weight is 260 g/mol. The van der Waals surface area contributed by atoms with Crippen LogP contribution < -0.4 is 5.32 Å². The molecule has 2 nitrogen and oxygen atoms in total. The first-order valence-electron chi connectivity index (χ1n) is 6.42. The Bertz CT molecular complexity index is 437. The Labute approximate surface area is 113 Å². The van der Waals surface area contributed by atoms with Gasteiger partial charge < -0.3 is 5.32 Å². The summed E-state index contributed by atoms with van der Waals surface area (Å²) in [5, 5.41) is 6.79. The number of aromatic nitrogens is 1. The van der Waals surface area contributed by atoms with E-state index in [1.54, 1.807) is 11.3 Å². The number of rotatable bonds is 6. The highest BCUT2D eigenvalue weighted by Crippen LogP contribution is 2.21. The zero-order valence-electron chi connectivity index (χ0n) is 11.0. The predicted molar refractivity (Wildman–Crippen MR) is 77.6 cm³/mol. The van der Waals surface area contributed by atoms with Gasteiger partial charge in [0.25, 0.3) is 0 Å². The van der Waals surface area contributed by atoms with Crippen LogP contribution in [-0.2, 0) is 6.54 Å². The van der Waals surface area contributed by atoms with Crippen molar-refractivity contribution in [1.29, 1.82) is 0 Å². The molecule has 0 fully saturated rings. The standard InChI is InChI=1S/C15H20N2S/c1-12(2)10-14(13-6-4-3-5-7-13)17-11-15-16-8-9-18-15/h3-9,12,14,17H,10-11H2,1-2H3. The van der Waals surface area contributed by atoms with E-state index in [0.29, 0.717) is 12.0 Å². The number of hydrogen-bond donors (Lipinski definition) is 1. The fourth-order valence-electron chi connectivity index (χ4n) is 2.04. The van der Waals surface area contributed by atoms with Crippen LogP contribution in [0.5, 0.6) is 0 Å². The van der Waals surface area contributed by atoms with E-state index in [1.165, 1.54) is 5.56 Å². The molecule has 1 aromatic heterocycles. The first-order chi connectivity index (χ1) is 8.75. The molecule has 0 bridgehead atoms. The van der Waals surface area contributed by atoms with Crippen LogP contribution in [0.15, 0.2) is 41.9 Å². The highest BCUT2D eigenvalue weighted by molar-refractivity contribution is 7.09. The van der Waals surface area contributed by atoms with Crippen LogP contribution in [0, 0.1) is 5.92 Å². The monoisotopic (exact) mass is 260 g/mol. The van der Waals surface area contributed by atoms with E-state index in [2.05, 4.69) is 54.5 Å². The molecule has 2 aromatic rings. The second kappa shape index (κ2) is 6.66. The molecule has 0 amide bonds. The van der Waals surface area contributed by atoms with Gasteiger partial charge in [0, 0.05) is 24.2 Å². The highest BCUT2D eigenvalue weighted by Gasteiger charge is 2.12. The normalized spacial score (nSPS) is 12.8. The van der Waals surface area contributed by atoms with Crippen LogP contribution in [0.1, 0.15) is 36.9 Å². The van der Waals surface area contributed by atoms with Gasteiger partial charge >= 0.3 is 0 Å². The molecule has 0 saturated carbocycles. The number of nitrogens with one attached hydrogen (secondary N) is 1. The molecule has 0 aliphatic rings. The minimum absolute atomic E-state index is 0.412. The van der Waals surface area contributed by atoms with E-state index in [9.17, 15) is 0 Å². The molecule has 0 spiro atoms. The summed E-state index contributed by atoms with van der Waals surface area (Å²) in [4.78, 5) is 4.32. The van der Waals surface area contributed by atoms with Gasteiger partial charge in [-0.3, -0.25) is 0 Å². The minimum atomic E-state index is 0.412. The third-order valence-electron chi connectivity index (χ3n) is 2.89. The quantitative estimate of drug-likeness (QED) is 0.848. The Hall–Kier alpha value is -1.19. The van der Waals surface area contributed by atoms with E-state index in [1.807, 2.05) is 11.6 Å². The predicted octanol–water partition coefficient (Wildman–Crippen LogP) is 4.02. The molecule has 96 valence electrons. The fourth-order valence-corrected chi connectivity index (χ4v) is 2.61. The molecule has 1 unspecified atom stereocenters. The molecule has 18 heavy (non-hydrogen) atoms. The lowest BCUT2D eigenvalue weighted by molar-refractivity contribution is 0.428. The molecule has 0 radical (unpaired) electrons. The molecule has 0 saturated heterocycles. The van der Waals surface area contributed by atoms with Crippen LogP contribution in [-0.4, -0.2) is 4.98 Å². The maximum absolute atomic E-state index is 4.32.